The molecule has 0 aliphatic heterocycles. The van der Waals surface area contributed by atoms with E-state index in [0.717, 1.165) is 0 Å². The fourth-order valence-electron chi connectivity index (χ4n) is 4.02. The number of halogens is 6. The number of carboxylic acid groups (broad SMARTS) is 2. The van der Waals surface area contributed by atoms with Crippen LogP contribution < -0.4 is 31.4 Å². The molecule has 240 valence electrons. The molecule has 0 saturated carbocycles. The summed E-state index contributed by atoms with van der Waals surface area (Å²) < 4.78 is 63.1. The number of benzene rings is 4. The molecule has 0 spiro atoms. The number of hydrogen-bond donors (Lipinski definition) is 0. The van der Waals surface area contributed by atoms with Crippen LogP contribution in [0.2, 0.25) is 0 Å². The predicted molar refractivity (Wildman–Crippen MR) is 159 cm³/mol. The predicted octanol–water partition coefficient (Wildman–Crippen LogP) is 4.62. The van der Waals surface area contributed by atoms with Crippen molar-refractivity contribution in [2.75, 3.05) is 0 Å². The van der Waals surface area contributed by atoms with Crippen LogP contribution in [0.5, 0.6) is 0 Å². The summed E-state index contributed by atoms with van der Waals surface area (Å²) in [5, 5.41) is 23.4. The number of alkyl halides is 6. The van der Waals surface area contributed by atoms with Crippen LogP contribution in [0.4, 0.5) is 26.3 Å². The van der Waals surface area contributed by atoms with Gasteiger partial charge in [-0.1, -0.05) is 135 Å². The Morgan fingerprint density at radius 2 is 0.644 bits per heavy atom. The molecule has 0 bridgehead atoms. The number of carbonyl (C=O) groups is 2. The first-order chi connectivity index (χ1) is 20.6. The van der Waals surface area contributed by atoms with Crippen molar-refractivity contribution in [2.45, 2.75) is 37.5 Å². The molecule has 4 aromatic carbocycles. The van der Waals surface area contributed by atoms with Crippen molar-refractivity contribution in [3.8, 4) is 0 Å². The molecule has 0 aliphatic rings. The first-order valence-electron chi connectivity index (χ1n) is 13.0. The van der Waals surface area contributed by atoms with Crippen LogP contribution in [0.3, 0.4) is 0 Å². The Hall–Kier alpha value is -3.12. The molecule has 0 radical (unpaired) electrons. The summed E-state index contributed by atoms with van der Waals surface area (Å²) in [7, 11) is -0.897. The van der Waals surface area contributed by atoms with Crippen molar-refractivity contribution in [3.63, 3.8) is 0 Å². The Morgan fingerprint density at radius 1 is 0.489 bits per heavy atom. The monoisotopic (exact) mass is 754 g/mol. The van der Waals surface area contributed by atoms with E-state index in [1.807, 2.05) is 0 Å². The smallest absolute Gasteiger partial charge is 0.542 e. The molecule has 0 unspecified atom stereocenters. The molecule has 2 atom stereocenters. The molecule has 0 heterocycles. The second kappa shape index (κ2) is 18.8. The first-order valence-corrected chi connectivity index (χ1v) is 15.8. The molecule has 0 saturated heterocycles. The minimum Gasteiger partial charge on any atom is -0.542 e. The largest absolute Gasteiger partial charge is 2.00 e. The van der Waals surface area contributed by atoms with Crippen LogP contribution in [0.25, 0.3) is 0 Å². The Labute approximate surface area is 272 Å². The molecule has 4 nitrogen and oxygen atoms in total. The Morgan fingerprint density at radius 3 is 0.778 bits per heavy atom. The first kappa shape index (κ1) is 39.9. The molecule has 0 amide bonds. The summed E-state index contributed by atoms with van der Waals surface area (Å²) in [5.74, 6) is -6.01. The summed E-state index contributed by atoms with van der Waals surface area (Å²) in [6, 6.07) is 44.5. The number of rotatable bonds is 7. The Kier molecular flexibility index (Phi) is 16.6. The molecule has 0 aliphatic carbocycles. The number of carbonyl (C=O) groups excluding carboxylic acids is 2. The third-order valence-electron chi connectivity index (χ3n) is 6.11. The van der Waals surface area contributed by atoms with E-state index in [1.54, 1.807) is 0 Å². The second-order valence-corrected chi connectivity index (χ2v) is 14.3. The average Bonchev–Trinajstić information content (AvgIpc) is 2.99. The summed E-state index contributed by atoms with van der Waals surface area (Å²) in [6.45, 7) is 4.94. The SMILES string of the molecule is C[C@@H]([C@H](C)P(c1ccccc1)c1ccccc1)P(c1ccccc1)c1ccccc1.O=C([O-])C(F)(F)F.O=C([O-])C(F)(F)F.[Ru+2]. The molecule has 0 fully saturated rings. The summed E-state index contributed by atoms with van der Waals surface area (Å²) >= 11 is 0. The minimum absolute atomic E-state index is 0. The Balaban J connectivity index is 0.000000566. The van der Waals surface area contributed by atoms with Crippen LogP contribution in [-0.4, -0.2) is 35.6 Å². The van der Waals surface area contributed by atoms with Gasteiger partial charge in [0.1, 0.15) is 11.9 Å². The quantitative estimate of drug-likeness (QED) is 0.157. The summed E-state index contributed by atoms with van der Waals surface area (Å²) in [6.07, 6.45) is -10.4. The zero-order valence-corrected chi connectivity index (χ0v) is 27.4. The molecule has 13 heteroatoms. The van der Waals surface area contributed by atoms with Crippen molar-refractivity contribution in [2.24, 2.45) is 0 Å². The Bertz CT molecular complexity index is 1240. The van der Waals surface area contributed by atoms with Gasteiger partial charge in [0.25, 0.3) is 0 Å². The van der Waals surface area contributed by atoms with Crippen molar-refractivity contribution in [3.05, 3.63) is 121 Å². The van der Waals surface area contributed by atoms with Gasteiger partial charge < -0.3 is 19.8 Å². The maximum absolute atomic E-state index is 10.5. The third kappa shape index (κ3) is 13.0. The average molecular weight is 754 g/mol. The van der Waals surface area contributed by atoms with Crippen LogP contribution in [-0.2, 0) is 29.1 Å². The van der Waals surface area contributed by atoms with Crippen LogP contribution >= 0.6 is 15.8 Å². The van der Waals surface area contributed by atoms with E-state index in [2.05, 4.69) is 135 Å². The van der Waals surface area contributed by atoms with Crippen molar-refractivity contribution in [1.82, 2.24) is 0 Å². The van der Waals surface area contributed by atoms with E-state index in [-0.39, 0.29) is 19.5 Å². The van der Waals surface area contributed by atoms with E-state index >= 15 is 0 Å². The molecule has 45 heavy (non-hydrogen) atoms. The minimum atomic E-state index is -5.19. The van der Waals surface area contributed by atoms with E-state index in [1.165, 1.54) is 21.2 Å². The van der Waals surface area contributed by atoms with Gasteiger partial charge in [0.2, 0.25) is 0 Å². The molecular formula is C32H28F6O4P2Ru. The van der Waals surface area contributed by atoms with Gasteiger partial charge >= 0.3 is 31.8 Å². The van der Waals surface area contributed by atoms with Gasteiger partial charge in [-0.05, 0) is 48.4 Å². The van der Waals surface area contributed by atoms with E-state index in [4.69, 9.17) is 19.8 Å². The fourth-order valence-corrected chi connectivity index (χ4v) is 10.1. The van der Waals surface area contributed by atoms with E-state index < -0.39 is 40.1 Å². The van der Waals surface area contributed by atoms with Gasteiger partial charge in [0.05, 0.1) is 0 Å². The zero-order valence-electron chi connectivity index (χ0n) is 23.9. The summed E-state index contributed by atoms with van der Waals surface area (Å²) in [5.41, 5.74) is 1.10. The van der Waals surface area contributed by atoms with Crippen molar-refractivity contribution >= 4 is 49.0 Å². The van der Waals surface area contributed by atoms with E-state index in [9.17, 15) is 26.3 Å². The van der Waals surface area contributed by atoms with Crippen LogP contribution in [0.1, 0.15) is 13.8 Å². The van der Waals surface area contributed by atoms with Gasteiger partial charge in [-0.2, -0.15) is 26.3 Å². The number of hydrogen-bond acceptors (Lipinski definition) is 4. The molecule has 4 aromatic rings. The van der Waals surface area contributed by atoms with E-state index in [0.29, 0.717) is 11.3 Å². The fraction of sp³-hybridized carbons (Fsp3) is 0.188. The number of aliphatic carboxylic acids is 2. The van der Waals surface area contributed by atoms with Crippen molar-refractivity contribution in [1.29, 1.82) is 0 Å². The van der Waals surface area contributed by atoms with Gasteiger partial charge in [-0.15, -0.1) is 0 Å². The third-order valence-corrected chi connectivity index (χ3v) is 12.3. The molecule has 0 aromatic heterocycles. The summed E-state index contributed by atoms with van der Waals surface area (Å²) in [4.78, 5) is 17.6. The normalized spacial score (nSPS) is 12.4. The zero-order chi connectivity index (χ0) is 32.9. The topological polar surface area (TPSA) is 80.3 Å². The second-order valence-electron chi connectivity index (χ2n) is 9.13. The van der Waals surface area contributed by atoms with Gasteiger partial charge in [-0.25, -0.2) is 0 Å². The van der Waals surface area contributed by atoms with Gasteiger partial charge in [0.15, 0.2) is 0 Å². The van der Waals surface area contributed by atoms with Crippen molar-refractivity contribution < 1.29 is 65.6 Å². The van der Waals surface area contributed by atoms with Crippen LogP contribution in [0, 0.1) is 0 Å². The van der Waals surface area contributed by atoms with Gasteiger partial charge in [-0.3, -0.25) is 0 Å². The standard InChI is InChI=1S/C28H28P2.2C2HF3O2.Ru/c1-23(29(25-15-7-3-8-16-25)26-17-9-4-10-18-26)24(2)30(27-19-11-5-12-20-27)28-21-13-6-14-22-28;2*3-2(4,5)1(6)7;/h3-24H,1-2H3;2*(H,6,7);/q;;;+2/p-2/t23-,24-;;;/m0.../s1. The number of carboxylic acids is 2. The molecule has 0 N–H and O–H groups in total. The van der Waals surface area contributed by atoms with Crippen LogP contribution in [0.15, 0.2) is 121 Å². The molecular weight excluding hydrogens is 725 g/mol. The maximum Gasteiger partial charge on any atom is 2.00 e. The van der Waals surface area contributed by atoms with Gasteiger partial charge in [0, 0.05) is 0 Å². The molecule has 4 rings (SSSR count). The maximum atomic E-state index is 10.5.